The molecule has 1 amide bonds. The number of benzene rings is 1. The Bertz CT molecular complexity index is 707. The van der Waals surface area contributed by atoms with Crippen molar-refractivity contribution < 1.29 is 4.79 Å². The first-order chi connectivity index (χ1) is 12.2. The van der Waals surface area contributed by atoms with Gasteiger partial charge in [0.15, 0.2) is 11.0 Å². The van der Waals surface area contributed by atoms with E-state index in [1.807, 2.05) is 4.90 Å². The molecule has 3 rings (SSSR count). The van der Waals surface area contributed by atoms with Crippen LogP contribution in [0.2, 0.25) is 0 Å². The fourth-order valence-corrected chi connectivity index (χ4v) is 3.83. The molecule has 0 atom stereocenters. The third-order valence-corrected chi connectivity index (χ3v) is 5.35. The highest BCUT2D eigenvalue weighted by Crippen LogP contribution is 2.20. The second-order valence-corrected chi connectivity index (χ2v) is 7.18. The summed E-state index contributed by atoms with van der Waals surface area (Å²) in [5, 5.41) is 12.8. The van der Waals surface area contributed by atoms with Gasteiger partial charge in [-0.05, 0) is 38.8 Å². The number of anilines is 1. The van der Waals surface area contributed by atoms with E-state index in [1.165, 1.54) is 17.3 Å². The molecular formula is C18H25N5OS. The highest BCUT2D eigenvalue weighted by molar-refractivity contribution is 7.99. The minimum atomic E-state index is 0.201. The number of rotatable bonds is 7. The van der Waals surface area contributed by atoms with Gasteiger partial charge >= 0.3 is 0 Å². The first-order valence-corrected chi connectivity index (χ1v) is 9.79. The third kappa shape index (κ3) is 4.54. The molecule has 0 saturated carbocycles. The topological polar surface area (TPSA) is 63.1 Å². The molecule has 0 aliphatic carbocycles. The van der Waals surface area contributed by atoms with Gasteiger partial charge < -0.3 is 14.8 Å². The van der Waals surface area contributed by atoms with Crippen molar-refractivity contribution in [1.82, 2.24) is 19.7 Å². The minimum absolute atomic E-state index is 0.201. The number of nitrogens with zero attached hydrogens (tertiary/aromatic N) is 4. The van der Waals surface area contributed by atoms with E-state index in [4.69, 9.17) is 0 Å². The number of amides is 1. The number of nitrogens with one attached hydrogen (secondary N) is 1. The summed E-state index contributed by atoms with van der Waals surface area (Å²) in [5.41, 5.74) is 2.30. The molecule has 0 unspecified atom stereocenters. The molecule has 134 valence electrons. The zero-order valence-electron chi connectivity index (χ0n) is 14.9. The predicted molar refractivity (Wildman–Crippen MR) is 101 cm³/mol. The van der Waals surface area contributed by atoms with Gasteiger partial charge in [-0.3, -0.25) is 4.79 Å². The number of hydrogen-bond donors (Lipinski definition) is 1. The van der Waals surface area contributed by atoms with Crippen LogP contribution in [0.25, 0.3) is 0 Å². The van der Waals surface area contributed by atoms with Crippen molar-refractivity contribution in [2.75, 3.05) is 24.2 Å². The van der Waals surface area contributed by atoms with E-state index >= 15 is 0 Å². The quantitative estimate of drug-likeness (QED) is 0.770. The van der Waals surface area contributed by atoms with Crippen LogP contribution in [0.15, 0.2) is 29.4 Å². The average molecular weight is 359 g/mol. The number of likely N-dealkylation sites (tertiary alicyclic amines) is 1. The molecule has 1 saturated heterocycles. The number of thioether (sulfide) groups is 1. The molecular weight excluding hydrogens is 334 g/mol. The van der Waals surface area contributed by atoms with Crippen LogP contribution in [0.3, 0.4) is 0 Å². The van der Waals surface area contributed by atoms with Crippen molar-refractivity contribution in [2.45, 2.75) is 44.9 Å². The molecule has 1 aliphatic heterocycles. The van der Waals surface area contributed by atoms with E-state index < -0.39 is 0 Å². The molecule has 1 fully saturated rings. The normalized spacial score (nSPS) is 14.1. The third-order valence-electron chi connectivity index (χ3n) is 4.40. The maximum Gasteiger partial charge on any atom is 0.233 e. The fourth-order valence-electron chi connectivity index (χ4n) is 2.91. The van der Waals surface area contributed by atoms with Crippen LogP contribution < -0.4 is 5.32 Å². The van der Waals surface area contributed by atoms with Gasteiger partial charge in [-0.15, -0.1) is 10.2 Å². The molecule has 2 heterocycles. The molecule has 6 nitrogen and oxygen atoms in total. The van der Waals surface area contributed by atoms with E-state index in [-0.39, 0.29) is 5.91 Å². The lowest BCUT2D eigenvalue weighted by Gasteiger charge is -2.14. The number of aryl methyl sites for hydroxylation is 1. The monoisotopic (exact) mass is 359 g/mol. The van der Waals surface area contributed by atoms with Gasteiger partial charge in [0.05, 0.1) is 12.3 Å². The lowest BCUT2D eigenvalue weighted by molar-refractivity contribution is -0.127. The van der Waals surface area contributed by atoms with Crippen molar-refractivity contribution in [3.63, 3.8) is 0 Å². The lowest BCUT2D eigenvalue weighted by Crippen LogP contribution is -2.29. The second-order valence-electron chi connectivity index (χ2n) is 6.24. The molecule has 1 N–H and O–H groups in total. The number of aromatic nitrogens is 3. The number of hydrogen-bond acceptors (Lipinski definition) is 5. The molecule has 0 spiro atoms. The van der Waals surface area contributed by atoms with Crippen LogP contribution in [0.5, 0.6) is 0 Å². The molecule has 7 heteroatoms. The summed E-state index contributed by atoms with van der Waals surface area (Å²) in [6.45, 7) is 7.34. The SMILES string of the molecule is CCn1c(CNc2ccc(C)cc2)nnc1SCC(=O)N1CCCC1. The Kier molecular flexibility index (Phi) is 5.96. The Labute approximate surface area is 153 Å². The van der Waals surface area contributed by atoms with E-state index in [0.29, 0.717) is 12.3 Å². The van der Waals surface area contributed by atoms with Gasteiger partial charge in [-0.1, -0.05) is 29.5 Å². The molecule has 1 aromatic carbocycles. The van der Waals surface area contributed by atoms with Crippen LogP contribution in [0.1, 0.15) is 31.2 Å². The molecule has 0 radical (unpaired) electrons. The summed E-state index contributed by atoms with van der Waals surface area (Å²) in [5.74, 6) is 1.52. The standard InChI is InChI=1S/C18H25N5OS/c1-3-23-16(12-19-15-8-6-14(2)7-9-15)20-21-18(23)25-13-17(24)22-10-4-5-11-22/h6-9,19H,3-5,10-13H2,1-2H3. The summed E-state index contributed by atoms with van der Waals surface area (Å²) in [7, 11) is 0. The molecule has 0 bridgehead atoms. The van der Waals surface area contributed by atoms with Crippen LogP contribution >= 0.6 is 11.8 Å². The highest BCUT2D eigenvalue weighted by atomic mass is 32.2. The zero-order valence-corrected chi connectivity index (χ0v) is 15.7. The molecule has 1 aliphatic rings. The van der Waals surface area contributed by atoms with Crippen LogP contribution in [-0.2, 0) is 17.9 Å². The maximum absolute atomic E-state index is 12.2. The van der Waals surface area contributed by atoms with Crippen molar-refractivity contribution in [3.8, 4) is 0 Å². The average Bonchev–Trinajstić information content (AvgIpc) is 3.29. The van der Waals surface area contributed by atoms with E-state index in [2.05, 4.69) is 58.2 Å². The Balaban J connectivity index is 1.58. The summed E-state index contributed by atoms with van der Waals surface area (Å²) >= 11 is 1.48. The summed E-state index contributed by atoms with van der Waals surface area (Å²) in [4.78, 5) is 14.1. The highest BCUT2D eigenvalue weighted by Gasteiger charge is 2.19. The van der Waals surface area contributed by atoms with Gasteiger partial charge in [-0.2, -0.15) is 0 Å². The number of carbonyl (C=O) groups is 1. The minimum Gasteiger partial charge on any atom is -0.378 e. The van der Waals surface area contributed by atoms with Gasteiger partial charge in [0.1, 0.15) is 0 Å². The summed E-state index contributed by atoms with van der Waals surface area (Å²) in [6.07, 6.45) is 2.24. The van der Waals surface area contributed by atoms with Crippen LogP contribution in [-0.4, -0.2) is 44.4 Å². The van der Waals surface area contributed by atoms with Gasteiger partial charge in [0, 0.05) is 25.3 Å². The Hall–Kier alpha value is -2.02. The van der Waals surface area contributed by atoms with Gasteiger partial charge in [0.2, 0.25) is 5.91 Å². The van der Waals surface area contributed by atoms with Crippen molar-refractivity contribution >= 4 is 23.4 Å². The molecule has 2 aromatic rings. The van der Waals surface area contributed by atoms with E-state index in [9.17, 15) is 4.79 Å². The first kappa shape index (κ1) is 17.8. The van der Waals surface area contributed by atoms with Crippen molar-refractivity contribution in [1.29, 1.82) is 0 Å². The van der Waals surface area contributed by atoms with Crippen molar-refractivity contribution in [2.24, 2.45) is 0 Å². The fraction of sp³-hybridized carbons (Fsp3) is 0.500. The van der Waals surface area contributed by atoms with Gasteiger partial charge in [0.25, 0.3) is 0 Å². The maximum atomic E-state index is 12.2. The van der Waals surface area contributed by atoms with E-state index in [0.717, 1.165) is 49.1 Å². The Morgan fingerprint density at radius 3 is 2.60 bits per heavy atom. The van der Waals surface area contributed by atoms with Crippen molar-refractivity contribution in [3.05, 3.63) is 35.7 Å². The zero-order chi connectivity index (χ0) is 17.6. The predicted octanol–water partition coefficient (Wildman–Crippen LogP) is 2.93. The Morgan fingerprint density at radius 1 is 1.20 bits per heavy atom. The summed E-state index contributed by atoms with van der Waals surface area (Å²) < 4.78 is 2.07. The van der Waals surface area contributed by atoms with Crippen LogP contribution in [0, 0.1) is 6.92 Å². The smallest absolute Gasteiger partial charge is 0.233 e. The lowest BCUT2D eigenvalue weighted by atomic mass is 10.2. The Morgan fingerprint density at radius 2 is 1.92 bits per heavy atom. The number of carbonyl (C=O) groups excluding carboxylic acids is 1. The summed E-state index contributed by atoms with van der Waals surface area (Å²) in [6, 6.07) is 8.29. The second kappa shape index (κ2) is 8.38. The molecule has 25 heavy (non-hydrogen) atoms. The largest absolute Gasteiger partial charge is 0.378 e. The molecule has 1 aromatic heterocycles. The van der Waals surface area contributed by atoms with E-state index in [1.54, 1.807) is 0 Å². The van der Waals surface area contributed by atoms with Crippen LogP contribution in [0.4, 0.5) is 5.69 Å². The van der Waals surface area contributed by atoms with Gasteiger partial charge in [-0.25, -0.2) is 0 Å². The first-order valence-electron chi connectivity index (χ1n) is 8.80.